The Balaban J connectivity index is 0.000000531. The van der Waals surface area contributed by atoms with Gasteiger partial charge < -0.3 is 4.84 Å². The standard InChI is InChI=1S/C16H34.C6H11NO3/c1-3-5-7-9-11-13-15-16-14-12-10-8-6-4-2;8-7(9)10-6-4-2-1-3-5-6/h3-16H2,1-2H3;6H,1-5H2. The van der Waals surface area contributed by atoms with Crippen LogP contribution in [0.4, 0.5) is 0 Å². The number of hydrogen-bond acceptors (Lipinski definition) is 3. The summed E-state index contributed by atoms with van der Waals surface area (Å²) in [5.41, 5.74) is 0. The smallest absolute Gasteiger partial charge is 0.294 e. The highest BCUT2D eigenvalue weighted by Gasteiger charge is 2.16. The van der Waals surface area contributed by atoms with Crippen LogP contribution in [0.2, 0.25) is 0 Å². The molecule has 0 unspecified atom stereocenters. The molecule has 0 atom stereocenters. The lowest BCUT2D eigenvalue weighted by Gasteiger charge is -2.18. The predicted octanol–water partition coefficient (Wildman–Crippen LogP) is 8.02. The van der Waals surface area contributed by atoms with Gasteiger partial charge in [-0.25, -0.2) is 0 Å². The quantitative estimate of drug-likeness (QED) is 0.166. The molecule has 0 spiro atoms. The minimum absolute atomic E-state index is 0.122. The second-order valence-corrected chi connectivity index (χ2v) is 7.83. The van der Waals surface area contributed by atoms with Crippen LogP contribution in [0.5, 0.6) is 0 Å². The number of nitrogens with zero attached hydrogens (tertiary/aromatic N) is 1. The zero-order valence-electron chi connectivity index (χ0n) is 17.7. The average Bonchev–Trinajstić information content (AvgIpc) is 2.63. The highest BCUT2D eigenvalue weighted by atomic mass is 17.0. The highest BCUT2D eigenvalue weighted by molar-refractivity contribution is 4.63. The van der Waals surface area contributed by atoms with Gasteiger partial charge in [-0.3, -0.25) is 0 Å². The Morgan fingerprint density at radius 2 is 1.04 bits per heavy atom. The molecule has 0 radical (unpaired) electrons. The van der Waals surface area contributed by atoms with Gasteiger partial charge in [-0.2, -0.15) is 0 Å². The van der Waals surface area contributed by atoms with Gasteiger partial charge in [-0.15, -0.1) is 10.1 Å². The van der Waals surface area contributed by atoms with Crippen molar-refractivity contribution in [1.82, 2.24) is 0 Å². The summed E-state index contributed by atoms with van der Waals surface area (Å²) in [5, 5.41) is 9.17. The van der Waals surface area contributed by atoms with Gasteiger partial charge in [0.05, 0.1) is 0 Å². The molecule has 4 nitrogen and oxygen atoms in total. The molecule has 1 rings (SSSR count). The summed E-state index contributed by atoms with van der Waals surface area (Å²) in [6.07, 6.45) is 25.3. The fraction of sp³-hybridized carbons (Fsp3) is 1.00. The Bertz CT molecular complexity index is 277. The largest absolute Gasteiger partial charge is 0.311 e. The highest BCUT2D eigenvalue weighted by Crippen LogP contribution is 2.19. The fourth-order valence-electron chi connectivity index (χ4n) is 3.56. The first-order valence-corrected chi connectivity index (χ1v) is 11.5. The van der Waals surface area contributed by atoms with E-state index in [2.05, 4.69) is 18.7 Å². The molecule has 1 fully saturated rings. The molecule has 0 heterocycles. The third-order valence-electron chi connectivity index (χ3n) is 5.24. The van der Waals surface area contributed by atoms with Crippen LogP contribution in [0.15, 0.2) is 0 Å². The minimum atomic E-state index is -0.685. The number of unbranched alkanes of at least 4 members (excludes halogenated alkanes) is 13. The van der Waals surface area contributed by atoms with Crippen molar-refractivity contribution in [3.05, 3.63) is 10.1 Å². The van der Waals surface area contributed by atoms with Gasteiger partial charge in [-0.05, 0) is 12.8 Å². The Morgan fingerprint density at radius 3 is 1.35 bits per heavy atom. The van der Waals surface area contributed by atoms with E-state index < -0.39 is 5.09 Å². The lowest BCUT2D eigenvalue weighted by Crippen LogP contribution is -2.19. The third kappa shape index (κ3) is 19.5. The van der Waals surface area contributed by atoms with E-state index in [1.165, 1.54) is 96.3 Å². The van der Waals surface area contributed by atoms with Gasteiger partial charge in [0.2, 0.25) is 0 Å². The average molecular weight is 372 g/mol. The van der Waals surface area contributed by atoms with Crippen molar-refractivity contribution in [2.75, 3.05) is 0 Å². The second kappa shape index (κ2) is 20.5. The first-order valence-electron chi connectivity index (χ1n) is 11.5. The SMILES string of the molecule is CCCCCCCCCCCCCCCC.O=[N+]([O-])OC1CCCCC1. The van der Waals surface area contributed by atoms with Crippen LogP contribution in [0.25, 0.3) is 0 Å². The van der Waals surface area contributed by atoms with E-state index in [9.17, 15) is 10.1 Å². The maximum absolute atomic E-state index is 9.85. The molecule has 0 aromatic rings. The van der Waals surface area contributed by atoms with Crippen LogP contribution < -0.4 is 0 Å². The summed E-state index contributed by atoms with van der Waals surface area (Å²) >= 11 is 0. The van der Waals surface area contributed by atoms with Crippen LogP contribution >= 0.6 is 0 Å². The monoisotopic (exact) mass is 371 g/mol. The lowest BCUT2D eigenvalue weighted by atomic mass is 9.98. The van der Waals surface area contributed by atoms with Gasteiger partial charge >= 0.3 is 0 Å². The molecule has 1 aliphatic carbocycles. The maximum Gasteiger partial charge on any atom is 0.294 e. The molecule has 0 N–H and O–H groups in total. The molecule has 0 saturated heterocycles. The van der Waals surface area contributed by atoms with Crippen molar-refractivity contribution in [3.63, 3.8) is 0 Å². The van der Waals surface area contributed by atoms with Gasteiger partial charge in [-0.1, -0.05) is 123 Å². The zero-order valence-corrected chi connectivity index (χ0v) is 17.7. The summed E-state index contributed by atoms with van der Waals surface area (Å²) in [4.78, 5) is 14.3. The van der Waals surface area contributed by atoms with Gasteiger partial charge in [0.15, 0.2) is 0 Å². The summed E-state index contributed by atoms with van der Waals surface area (Å²) in [6.45, 7) is 4.58. The van der Waals surface area contributed by atoms with E-state index in [1.54, 1.807) is 0 Å². The minimum Gasteiger partial charge on any atom is -0.311 e. The molecule has 4 heteroatoms. The van der Waals surface area contributed by atoms with Gasteiger partial charge in [0, 0.05) is 0 Å². The second-order valence-electron chi connectivity index (χ2n) is 7.83. The van der Waals surface area contributed by atoms with E-state index in [1.807, 2.05) is 0 Å². The van der Waals surface area contributed by atoms with E-state index in [0.717, 1.165) is 25.7 Å². The number of hydrogen-bond donors (Lipinski definition) is 0. The Hall–Kier alpha value is -0.800. The van der Waals surface area contributed by atoms with Crippen molar-refractivity contribution in [2.45, 2.75) is 142 Å². The molecule has 0 amide bonds. The molecule has 0 bridgehead atoms. The molecule has 0 aromatic heterocycles. The number of rotatable bonds is 15. The van der Waals surface area contributed by atoms with Crippen LogP contribution in [0.3, 0.4) is 0 Å². The van der Waals surface area contributed by atoms with Gasteiger partial charge in [0.25, 0.3) is 5.09 Å². The lowest BCUT2D eigenvalue weighted by molar-refractivity contribution is -0.769. The molecule has 26 heavy (non-hydrogen) atoms. The Kier molecular flexibility index (Phi) is 19.9. The van der Waals surface area contributed by atoms with Crippen molar-refractivity contribution >= 4 is 0 Å². The van der Waals surface area contributed by atoms with E-state index in [-0.39, 0.29) is 6.10 Å². The maximum atomic E-state index is 9.85. The summed E-state index contributed by atoms with van der Waals surface area (Å²) in [7, 11) is 0. The van der Waals surface area contributed by atoms with Crippen molar-refractivity contribution in [1.29, 1.82) is 0 Å². The fourth-order valence-corrected chi connectivity index (χ4v) is 3.56. The molecule has 1 saturated carbocycles. The first-order chi connectivity index (χ1) is 12.7. The molecule has 0 aromatic carbocycles. The van der Waals surface area contributed by atoms with Crippen molar-refractivity contribution < 1.29 is 9.92 Å². The summed E-state index contributed by atoms with van der Waals surface area (Å²) in [5.74, 6) is 0. The zero-order chi connectivity index (χ0) is 19.3. The summed E-state index contributed by atoms with van der Waals surface area (Å²) in [6, 6.07) is 0. The van der Waals surface area contributed by atoms with E-state index in [4.69, 9.17) is 0 Å². The topological polar surface area (TPSA) is 52.4 Å². The van der Waals surface area contributed by atoms with Crippen LogP contribution in [-0.4, -0.2) is 11.2 Å². The Morgan fingerprint density at radius 1 is 0.692 bits per heavy atom. The first kappa shape index (κ1) is 25.2. The molecular formula is C22H45NO3. The predicted molar refractivity (Wildman–Crippen MR) is 111 cm³/mol. The third-order valence-corrected chi connectivity index (χ3v) is 5.24. The van der Waals surface area contributed by atoms with Crippen LogP contribution in [0.1, 0.15) is 136 Å². The molecule has 1 aliphatic rings. The van der Waals surface area contributed by atoms with Crippen LogP contribution in [0, 0.1) is 10.1 Å². The molecular weight excluding hydrogens is 326 g/mol. The normalized spacial score (nSPS) is 14.5. The van der Waals surface area contributed by atoms with E-state index >= 15 is 0 Å². The van der Waals surface area contributed by atoms with Gasteiger partial charge in [0.1, 0.15) is 6.10 Å². The van der Waals surface area contributed by atoms with Crippen LogP contribution in [-0.2, 0) is 4.84 Å². The Labute approximate surface area is 162 Å². The van der Waals surface area contributed by atoms with Crippen molar-refractivity contribution in [2.24, 2.45) is 0 Å². The molecule has 156 valence electrons. The summed E-state index contributed by atoms with van der Waals surface area (Å²) < 4.78 is 0. The van der Waals surface area contributed by atoms with E-state index in [0.29, 0.717) is 0 Å². The molecule has 0 aliphatic heterocycles. The van der Waals surface area contributed by atoms with Crippen molar-refractivity contribution in [3.8, 4) is 0 Å².